The number of rotatable bonds is 2. The first-order chi connectivity index (χ1) is 10.0. The maximum Gasteiger partial charge on any atom is 0.273 e. The van der Waals surface area contributed by atoms with E-state index in [0.717, 1.165) is 15.8 Å². The number of hydrogen-bond acceptors (Lipinski definition) is 5. The number of aryl methyl sites for hydroxylation is 1. The van der Waals surface area contributed by atoms with Crippen LogP contribution in [-0.4, -0.2) is 34.6 Å². The molecule has 108 valence electrons. The lowest BCUT2D eigenvalue weighted by Gasteiger charge is -2.18. The van der Waals surface area contributed by atoms with Crippen LogP contribution >= 0.6 is 11.3 Å². The van der Waals surface area contributed by atoms with E-state index in [1.54, 1.807) is 7.05 Å². The summed E-state index contributed by atoms with van der Waals surface area (Å²) < 4.78 is 1.03. The normalized spacial score (nSPS) is 15.2. The topological polar surface area (TPSA) is 74.7 Å². The van der Waals surface area contributed by atoms with Crippen LogP contribution in [-0.2, 0) is 9.59 Å². The number of amides is 2. The van der Waals surface area contributed by atoms with Crippen LogP contribution in [0.25, 0.3) is 10.2 Å². The van der Waals surface area contributed by atoms with Crippen molar-refractivity contribution in [3.63, 3.8) is 0 Å². The Balaban J connectivity index is 1.82. The Morgan fingerprint density at radius 3 is 2.90 bits per heavy atom. The Kier molecular flexibility index (Phi) is 3.42. The van der Waals surface area contributed by atoms with Gasteiger partial charge in [-0.15, -0.1) is 0 Å². The standard InChI is InChI=1S/C14H14N4O2S/c1-8-4-3-5-10-12(8)15-14(21-10)16-13(20)9-6-7-11(19)18(2)17-9/h3-5H,6-7H2,1-2H3,(H,15,16,20). The molecule has 0 aliphatic carbocycles. The Bertz CT molecular complexity index is 765. The van der Waals surface area contributed by atoms with Crippen LogP contribution in [0.4, 0.5) is 5.13 Å². The van der Waals surface area contributed by atoms with Crippen LogP contribution in [0.3, 0.4) is 0 Å². The van der Waals surface area contributed by atoms with Gasteiger partial charge >= 0.3 is 0 Å². The van der Waals surface area contributed by atoms with Gasteiger partial charge in [-0.25, -0.2) is 9.99 Å². The quantitative estimate of drug-likeness (QED) is 0.923. The number of hydrazone groups is 1. The maximum atomic E-state index is 12.2. The fourth-order valence-corrected chi connectivity index (χ4v) is 3.08. The van der Waals surface area contributed by atoms with Gasteiger partial charge in [0.15, 0.2) is 5.13 Å². The lowest BCUT2D eigenvalue weighted by atomic mass is 10.1. The molecule has 2 amide bonds. The lowest BCUT2D eigenvalue weighted by Crippen LogP contribution is -2.34. The lowest BCUT2D eigenvalue weighted by molar-refractivity contribution is -0.130. The first kappa shape index (κ1) is 13.7. The molecule has 1 aliphatic rings. The van der Waals surface area contributed by atoms with Gasteiger partial charge in [0.1, 0.15) is 5.71 Å². The number of carbonyl (C=O) groups is 2. The molecule has 0 spiro atoms. The molecule has 0 radical (unpaired) electrons. The Morgan fingerprint density at radius 2 is 2.19 bits per heavy atom. The molecule has 0 bridgehead atoms. The van der Waals surface area contributed by atoms with Gasteiger partial charge in [-0.3, -0.25) is 14.9 Å². The summed E-state index contributed by atoms with van der Waals surface area (Å²) in [4.78, 5) is 28.0. The maximum absolute atomic E-state index is 12.2. The van der Waals surface area contributed by atoms with Gasteiger partial charge in [0.05, 0.1) is 10.2 Å². The molecule has 2 aromatic rings. The van der Waals surface area contributed by atoms with Crippen molar-refractivity contribution in [2.75, 3.05) is 12.4 Å². The zero-order valence-corrected chi connectivity index (χ0v) is 12.5. The second kappa shape index (κ2) is 5.25. The molecular formula is C14H14N4O2S. The highest BCUT2D eigenvalue weighted by atomic mass is 32.1. The first-order valence-electron chi connectivity index (χ1n) is 6.56. The van der Waals surface area contributed by atoms with Gasteiger partial charge in [-0.2, -0.15) is 5.10 Å². The van der Waals surface area contributed by atoms with Crippen LogP contribution in [0.2, 0.25) is 0 Å². The van der Waals surface area contributed by atoms with E-state index in [9.17, 15) is 9.59 Å². The van der Waals surface area contributed by atoms with Gasteiger partial charge in [0, 0.05) is 19.9 Å². The predicted molar refractivity (Wildman–Crippen MR) is 82.4 cm³/mol. The second-order valence-electron chi connectivity index (χ2n) is 4.86. The van der Waals surface area contributed by atoms with E-state index in [2.05, 4.69) is 15.4 Å². The molecule has 0 saturated heterocycles. The largest absolute Gasteiger partial charge is 0.297 e. The van der Waals surface area contributed by atoms with Crippen LogP contribution in [0.5, 0.6) is 0 Å². The molecule has 1 aromatic carbocycles. The molecular weight excluding hydrogens is 288 g/mol. The molecule has 1 aliphatic heterocycles. The van der Waals surface area contributed by atoms with Crippen LogP contribution in [0, 0.1) is 6.92 Å². The van der Waals surface area contributed by atoms with E-state index in [1.807, 2.05) is 25.1 Å². The van der Waals surface area contributed by atoms with Crippen molar-refractivity contribution < 1.29 is 9.59 Å². The monoisotopic (exact) mass is 302 g/mol. The number of nitrogens with zero attached hydrogens (tertiary/aromatic N) is 3. The number of benzene rings is 1. The van der Waals surface area contributed by atoms with Crippen molar-refractivity contribution in [1.82, 2.24) is 9.99 Å². The Morgan fingerprint density at radius 1 is 1.38 bits per heavy atom. The number of nitrogens with one attached hydrogen (secondary N) is 1. The summed E-state index contributed by atoms with van der Waals surface area (Å²) in [7, 11) is 1.55. The fraction of sp³-hybridized carbons (Fsp3) is 0.286. The highest BCUT2D eigenvalue weighted by Crippen LogP contribution is 2.28. The summed E-state index contributed by atoms with van der Waals surface area (Å²) in [5.41, 5.74) is 2.33. The van der Waals surface area contributed by atoms with Crippen molar-refractivity contribution in [3.05, 3.63) is 23.8 Å². The van der Waals surface area contributed by atoms with Crippen LogP contribution < -0.4 is 5.32 Å². The number of fused-ring (bicyclic) bond motifs is 1. The average molecular weight is 302 g/mol. The zero-order chi connectivity index (χ0) is 15.0. The number of para-hydroxylation sites is 1. The second-order valence-corrected chi connectivity index (χ2v) is 5.89. The molecule has 0 atom stereocenters. The summed E-state index contributed by atoms with van der Waals surface area (Å²) >= 11 is 1.43. The van der Waals surface area contributed by atoms with E-state index in [0.29, 0.717) is 23.7 Å². The van der Waals surface area contributed by atoms with Crippen molar-refractivity contribution in [2.45, 2.75) is 19.8 Å². The van der Waals surface area contributed by atoms with Gasteiger partial charge < -0.3 is 0 Å². The number of aromatic nitrogens is 1. The smallest absolute Gasteiger partial charge is 0.273 e. The van der Waals surface area contributed by atoms with E-state index in [4.69, 9.17) is 0 Å². The highest BCUT2D eigenvalue weighted by Gasteiger charge is 2.22. The molecule has 3 rings (SSSR count). The fourth-order valence-electron chi connectivity index (χ4n) is 2.14. The summed E-state index contributed by atoms with van der Waals surface area (Å²) in [5, 5.41) is 8.52. The van der Waals surface area contributed by atoms with Crippen molar-refractivity contribution in [3.8, 4) is 0 Å². The third kappa shape index (κ3) is 2.64. The molecule has 1 N–H and O–H groups in total. The summed E-state index contributed by atoms with van der Waals surface area (Å²) in [6, 6.07) is 5.92. The number of carbonyl (C=O) groups excluding carboxylic acids is 2. The molecule has 0 unspecified atom stereocenters. The van der Waals surface area contributed by atoms with Gasteiger partial charge in [-0.05, 0) is 18.6 Å². The molecule has 21 heavy (non-hydrogen) atoms. The molecule has 0 fully saturated rings. The Hall–Kier alpha value is -2.28. The summed E-state index contributed by atoms with van der Waals surface area (Å²) in [6.07, 6.45) is 0.667. The summed E-state index contributed by atoms with van der Waals surface area (Å²) in [6.45, 7) is 1.99. The molecule has 2 heterocycles. The molecule has 6 nitrogen and oxygen atoms in total. The zero-order valence-electron chi connectivity index (χ0n) is 11.7. The van der Waals surface area contributed by atoms with Crippen molar-refractivity contribution in [1.29, 1.82) is 0 Å². The first-order valence-corrected chi connectivity index (χ1v) is 7.38. The van der Waals surface area contributed by atoms with Crippen molar-refractivity contribution >= 4 is 44.2 Å². The minimum atomic E-state index is -0.300. The van der Waals surface area contributed by atoms with Crippen LogP contribution in [0.1, 0.15) is 18.4 Å². The molecule has 1 aromatic heterocycles. The minimum absolute atomic E-state index is 0.0813. The number of thiazole rings is 1. The average Bonchev–Trinajstić information content (AvgIpc) is 2.86. The molecule has 7 heteroatoms. The molecule has 0 saturated carbocycles. The SMILES string of the molecule is Cc1cccc2sc(NC(=O)C3=NN(C)C(=O)CC3)nc12. The number of hydrogen-bond donors (Lipinski definition) is 1. The minimum Gasteiger partial charge on any atom is -0.297 e. The highest BCUT2D eigenvalue weighted by molar-refractivity contribution is 7.22. The Labute approximate surface area is 125 Å². The predicted octanol–water partition coefficient (Wildman–Crippen LogP) is 2.15. The van der Waals surface area contributed by atoms with Gasteiger partial charge in [0.25, 0.3) is 5.91 Å². The van der Waals surface area contributed by atoms with Crippen molar-refractivity contribution in [2.24, 2.45) is 5.10 Å². The van der Waals surface area contributed by atoms with Gasteiger partial charge in [0.2, 0.25) is 5.91 Å². The van der Waals surface area contributed by atoms with E-state index in [1.165, 1.54) is 16.3 Å². The third-order valence-electron chi connectivity index (χ3n) is 3.31. The van der Waals surface area contributed by atoms with Crippen LogP contribution in [0.15, 0.2) is 23.3 Å². The summed E-state index contributed by atoms with van der Waals surface area (Å²) in [5.74, 6) is -0.381. The van der Waals surface area contributed by atoms with E-state index >= 15 is 0 Å². The van der Waals surface area contributed by atoms with E-state index in [-0.39, 0.29) is 11.8 Å². The van der Waals surface area contributed by atoms with E-state index < -0.39 is 0 Å². The third-order valence-corrected chi connectivity index (χ3v) is 4.25. The van der Waals surface area contributed by atoms with Gasteiger partial charge in [-0.1, -0.05) is 23.5 Å². The number of anilines is 1.